The number of hydrogen-bond acceptors (Lipinski definition) is 4. The Morgan fingerprint density at radius 3 is 2.78 bits per heavy atom. The fourth-order valence-corrected chi connectivity index (χ4v) is 4.88. The van der Waals surface area contributed by atoms with Crippen LogP contribution >= 0.6 is 15.9 Å². The summed E-state index contributed by atoms with van der Waals surface area (Å²) in [5.74, 6) is -2.13. The van der Waals surface area contributed by atoms with Gasteiger partial charge in [-0.2, -0.15) is 23.4 Å². The summed E-state index contributed by atoms with van der Waals surface area (Å²) in [6.07, 6.45) is -3.55. The van der Waals surface area contributed by atoms with Gasteiger partial charge in [0.25, 0.3) is 0 Å². The zero-order valence-electron chi connectivity index (χ0n) is 14.5. The molecular weight excluding hydrogens is 423 g/mol. The number of carbonyl (C=O) groups is 1. The van der Waals surface area contributed by atoms with Gasteiger partial charge < -0.3 is 5.32 Å². The third kappa shape index (κ3) is 2.76. The molecule has 4 rings (SSSR count). The monoisotopic (exact) mass is 439 g/mol. The van der Waals surface area contributed by atoms with Gasteiger partial charge in [0.2, 0.25) is 0 Å². The molecule has 8 heteroatoms. The van der Waals surface area contributed by atoms with E-state index in [9.17, 15) is 18.0 Å². The minimum Gasteiger partial charge on any atom is -0.362 e. The summed E-state index contributed by atoms with van der Waals surface area (Å²) < 4.78 is 40.8. The van der Waals surface area contributed by atoms with E-state index in [4.69, 9.17) is 0 Å². The standard InChI is InChI=1S/C19H17BrF3N3O/c1-2-18(10-4-3-5-12(20)6-10)13-9-24-26-17(13)25-14-7-11(19(21,22)23)8-15(27)16(14)18/h3-6,9,11,17,25H,2,7-8H2,1H3/t11-,17?,18+/m1/s1. The molecule has 0 saturated carbocycles. The van der Waals surface area contributed by atoms with Crippen molar-refractivity contribution in [1.29, 1.82) is 0 Å². The first-order chi connectivity index (χ1) is 12.8. The Balaban J connectivity index is 1.94. The summed E-state index contributed by atoms with van der Waals surface area (Å²) in [4.78, 5) is 13.0. The molecule has 0 spiro atoms. The predicted molar refractivity (Wildman–Crippen MR) is 96.8 cm³/mol. The number of azo groups is 1. The molecule has 1 aromatic carbocycles. The van der Waals surface area contributed by atoms with Crippen molar-refractivity contribution in [3.05, 3.63) is 57.3 Å². The number of nitrogens with zero attached hydrogens (tertiary/aromatic N) is 2. The van der Waals surface area contributed by atoms with Crippen LogP contribution in [-0.2, 0) is 10.2 Å². The van der Waals surface area contributed by atoms with Gasteiger partial charge in [0, 0.05) is 27.7 Å². The average Bonchev–Trinajstić information content (AvgIpc) is 3.07. The Labute approximate surface area is 162 Å². The van der Waals surface area contributed by atoms with Gasteiger partial charge in [-0.1, -0.05) is 35.0 Å². The SMILES string of the molecule is CC[C@]1(c2cccc(Br)c2)C2=CN=NC2NC2=C1C(=O)C[C@H](C(F)(F)F)C2. The van der Waals surface area contributed by atoms with E-state index in [-0.39, 0.29) is 6.42 Å². The number of fused-ring (bicyclic) bond motifs is 1. The molecule has 1 unspecified atom stereocenters. The van der Waals surface area contributed by atoms with Crippen LogP contribution in [0.25, 0.3) is 0 Å². The average molecular weight is 440 g/mol. The van der Waals surface area contributed by atoms with Gasteiger partial charge in [-0.05, 0) is 30.5 Å². The highest BCUT2D eigenvalue weighted by atomic mass is 79.9. The predicted octanol–water partition coefficient (Wildman–Crippen LogP) is 5.17. The van der Waals surface area contributed by atoms with Crippen LogP contribution in [0.5, 0.6) is 0 Å². The smallest absolute Gasteiger partial charge is 0.362 e. The van der Waals surface area contributed by atoms with E-state index in [0.29, 0.717) is 17.7 Å². The number of carbonyl (C=O) groups excluding carboxylic acids is 1. The van der Waals surface area contributed by atoms with Crippen LogP contribution in [0.4, 0.5) is 13.2 Å². The molecule has 4 nitrogen and oxygen atoms in total. The molecular formula is C19H17BrF3N3O. The van der Waals surface area contributed by atoms with Gasteiger partial charge >= 0.3 is 6.18 Å². The molecule has 1 N–H and O–H groups in total. The molecule has 3 aliphatic rings. The van der Waals surface area contributed by atoms with E-state index in [2.05, 4.69) is 31.5 Å². The molecule has 0 amide bonds. The van der Waals surface area contributed by atoms with E-state index in [1.807, 2.05) is 31.2 Å². The molecule has 142 valence electrons. The molecule has 2 heterocycles. The topological polar surface area (TPSA) is 53.8 Å². The van der Waals surface area contributed by atoms with Crippen LogP contribution in [0, 0.1) is 5.92 Å². The molecule has 0 radical (unpaired) electrons. The fraction of sp³-hybridized carbons (Fsp3) is 0.421. The van der Waals surface area contributed by atoms with Gasteiger partial charge in [0.15, 0.2) is 11.9 Å². The van der Waals surface area contributed by atoms with Gasteiger partial charge in [0.1, 0.15) is 0 Å². The maximum Gasteiger partial charge on any atom is 0.392 e. The van der Waals surface area contributed by atoms with Crippen LogP contribution in [0.15, 0.2) is 62.0 Å². The number of ketones is 1. The number of hydrogen-bond donors (Lipinski definition) is 1. The van der Waals surface area contributed by atoms with E-state index >= 15 is 0 Å². The van der Waals surface area contributed by atoms with Crippen molar-refractivity contribution in [2.24, 2.45) is 16.1 Å². The second-order valence-corrected chi connectivity index (χ2v) is 7.97. The third-order valence-corrected chi connectivity index (χ3v) is 6.17. The van der Waals surface area contributed by atoms with E-state index < -0.39 is 35.9 Å². The summed E-state index contributed by atoms with van der Waals surface area (Å²) in [6.45, 7) is 1.94. The summed E-state index contributed by atoms with van der Waals surface area (Å²) in [5.41, 5.74) is 1.61. The lowest BCUT2D eigenvalue weighted by Crippen LogP contribution is -2.51. The molecule has 27 heavy (non-hydrogen) atoms. The van der Waals surface area contributed by atoms with E-state index in [1.165, 1.54) is 0 Å². The summed E-state index contributed by atoms with van der Waals surface area (Å²) in [5, 5.41) is 11.2. The lowest BCUT2D eigenvalue weighted by molar-refractivity contribution is -0.179. The van der Waals surface area contributed by atoms with Crippen LogP contribution in [0.2, 0.25) is 0 Å². The number of nitrogens with one attached hydrogen (secondary N) is 1. The number of Topliss-reactive ketones (excluding diaryl/α,β-unsaturated/α-hetero) is 1. The van der Waals surface area contributed by atoms with Gasteiger partial charge in [0.05, 0.1) is 17.5 Å². The van der Waals surface area contributed by atoms with Crippen LogP contribution in [0.3, 0.4) is 0 Å². The number of rotatable bonds is 2. The molecule has 0 aromatic heterocycles. The quantitative estimate of drug-likeness (QED) is 0.690. The second kappa shape index (κ2) is 6.29. The number of alkyl halides is 3. The number of benzene rings is 1. The zero-order valence-corrected chi connectivity index (χ0v) is 16.1. The van der Waals surface area contributed by atoms with Crippen molar-refractivity contribution in [2.45, 2.75) is 43.9 Å². The van der Waals surface area contributed by atoms with Crippen molar-refractivity contribution in [3.8, 4) is 0 Å². The number of halogens is 4. The summed E-state index contributed by atoms with van der Waals surface area (Å²) in [7, 11) is 0. The molecule has 1 aliphatic carbocycles. The van der Waals surface area contributed by atoms with Crippen LogP contribution < -0.4 is 5.32 Å². The van der Waals surface area contributed by atoms with Gasteiger partial charge in [-0.15, -0.1) is 0 Å². The minimum absolute atomic E-state index is 0.236. The van der Waals surface area contributed by atoms with Crippen molar-refractivity contribution in [3.63, 3.8) is 0 Å². The maximum atomic E-state index is 13.3. The van der Waals surface area contributed by atoms with Crippen LogP contribution in [-0.4, -0.2) is 18.1 Å². The van der Waals surface area contributed by atoms with Crippen molar-refractivity contribution in [2.75, 3.05) is 0 Å². The molecule has 0 bridgehead atoms. The summed E-state index contributed by atoms with van der Waals surface area (Å²) >= 11 is 3.46. The van der Waals surface area contributed by atoms with Crippen molar-refractivity contribution < 1.29 is 18.0 Å². The van der Waals surface area contributed by atoms with E-state index in [0.717, 1.165) is 15.6 Å². The fourth-order valence-electron chi connectivity index (χ4n) is 4.48. The Bertz CT molecular complexity index is 906. The highest BCUT2D eigenvalue weighted by molar-refractivity contribution is 9.10. The van der Waals surface area contributed by atoms with Crippen molar-refractivity contribution in [1.82, 2.24) is 5.32 Å². The van der Waals surface area contributed by atoms with Crippen molar-refractivity contribution >= 4 is 21.7 Å². The lowest BCUT2D eigenvalue weighted by Gasteiger charge is -2.46. The first-order valence-electron chi connectivity index (χ1n) is 8.74. The molecule has 0 fully saturated rings. The van der Waals surface area contributed by atoms with Gasteiger partial charge in [-0.3, -0.25) is 4.79 Å². The Morgan fingerprint density at radius 1 is 1.33 bits per heavy atom. The zero-order chi connectivity index (χ0) is 19.4. The highest BCUT2D eigenvalue weighted by Crippen LogP contribution is 2.53. The first kappa shape index (κ1) is 18.4. The molecule has 0 saturated heterocycles. The molecule has 3 atom stereocenters. The highest BCUT2D eigenvalue weighted by Gasteiger charge is 2.54. The second-order valence-electron chi connectivity index (χ2n) is 7.06. The summed E-state index contributed by atoms with van der Waals surface area (Å²) in [6, 6.07) is 7.56. The maximum absolute atomic E-state index is 13.3. The number of allylic oxidation sites excluding steroid dienone is 2. The van der Waals surface area contributed by atoms with Gasteiger partial charge in [-0.25, -0.2) is 0 Å². The largest absolute Gasteiger partial charge is 0.392 e. The Morgan fingerprint density at radius 2 is 2.11 bits per heavy atom. The molecule has 1 aromatic rings. The third-order valence-electron chi connectivity index (χ3n) is 5.68. The minimum atomic E-state index is -4.41. The van der Waals surface area contributed by atoms with E-state index in [1.54, 1.807) is 6.20 Å². The van der Waals surface area contributed by atoms with Crippen LogP contribution in [0.1, 0.15) is 31.7 Å². The molecule has 2 aliphatic heterocycles. The Hall–Kier alpha value is -1.96. The lowest BCUT2D eigenvalue weighted by atomic mass is 9.60. The first-order valence-corrected chi connectivity index (χ1v) is 9.53. The Kier molecular flexibility index (Phi) is 4.29. The normalized spacial score (nSPS) is 30.0.